The number of hydrogen-bond acceptors (Lipinski definition) is 4. The minimum absolute atomic E-state index is 0.644. The maximum Gasteiger partial charge on any atom is 0.181 e. The Morgan fingerprint density at radius 1 is 1.29 bits per heavy atom. The number of nitrogens with zero attached hydrogens (tertiary/aromatic N) is 3. The van der Waals surface area contributed by atoms with E-state index in [1.54, 1.807) is 0 Å². The molecule has 1 saturated carbocycles. The third-order valence-corrected chi connectivity index (χ3v) is 4.38. The number of hydrogen-bond donors (Lipinski definition) is 1. The topological polar surface area (TPSA) is 55.9 Å². The van der Waals surface area contributed by atoms with Crippen LogP contribution in [0.15, 0.2) is 17.0 Å². The average molecular weight is 288 g/mol. The maximum absolute atomic E-state index is 5.22. The highest BCUT2D eigenvalue weighted by Gasteiger charge is 2.21. The molecule has 21 heavy (non-hydrogen) atoms. The quantitative estimate of drug-likeness (QED) is 0.918. The van der Waals surface area contributed by atoms with Gasteiger partial charge < -0.3 is 9.73 Å². The Morgan fingerprint density at radius 2 is 2.10 bits per heavy atom. The number of aromatic nitrogens is 3. The van der Waals surface area contributed by atoms with Gasteiger partial charge in [0.2, 0.25) is 0 Å². The minimum Gasteiger partial charge on any atom is -0.448 e. The fraction of sp³-hybridized carbons (Fsp3) is 0.625. The van der Waals surface area contributed by atoms with E-state index in [1.807, 2.05) is 18.7 Å². The molecule has 1 aliphatic rings. The Hall–Kier alpha value is -1.62. The van der Waals surface area contributed by atoms with Crippen molar-refractivity contribution in [3.8, 4) is 0 Å². The Kier molecular flexibility index (Phi) is 4.39. The van der Waals surface area contributed by atoms with E-state index in [0.717, 1.165) is 24.5 Å². The molecular weight excluding hydrogens is 264 g/mol. The summed E-state index contributed by atoms with van der Waals surface area (Å²) in [6.45, 7) is 3.52. The molecule has 0 aliphatic heterocycles. The number of aryl methyl sites for hydroxylation is 2. The Morgan fingerprint density at radius 3 is 2.81 bits per heavy atom. The SMILES string of the molecule is Cc1ocnc1CNCc1cn(C)nc1C1CCCCC1. The molecule has 0 saturated heterocycles. The summed E-state index contributed by atoms with van der Waals surface area (Å²) < 4.78 is 7.17. The van der Waals surface area contributed by atoms with Gasteiger partial charge in [0, 0.05) is 37.8 Å². The molecule has 1 fully saturated rings. The van der Waals surface area contributed by atoms with Crippen molar-refractivity contribution in [3.63, 3.8) is 0 Å². The van der Waals surface area contributed by atoms with Crippen LogP contribution in [0.25, 0.3) is 0 Å². The van der Waals surface area contributed by atoms with Gasteiger partial charge in [0.1, 0.15) is 5.76 Å². The Labute approximate surface area is 125 Å². The summed E-state index contributed by atoms with van der Waals surface area (Å²) >= 11 is 0. The zero-order valence-electron chi connectivity index (χ0n) is 12.9. The third-order valence-electron chi connectivity index (χ3n) is 4.38. The summed E-state index contributed by atoms with van der Waals surface area (Å²) in [7, 11) is 2.01. The highest BCUT2D eigenvalue weighted by molar-refractivity contribution is 5.21. The highest BCUT2D eigenvalue weighted by atomic mass is 16.3. The molecule has 0 spiro atoms. The normalized spacial score (nSPS) is 16.5. The van der Waals surface area contributed by atoms with Crippen LogP contribution in [-0.2, 0) is 20.1 Å². The molecule has 1 aliphatic carbocycles. The second-order valence-electron chi connectivity index (χ2n) is 6.01. The van der Waals surface area contributed by atoms with E-state index in [0.29, 0.717) is 5.92 Å². The van der Waals surface area contributed by atoms with Gasteiger partial charge in [-0.3, -0.25) is 4.68 Å². The van der Waals surface area contributed by atoms with Crippen LogP contribution in [0.5, 0.6) is 0 Å². The first-order valence-electron chi connectivity index (χ1n) is 7.86. The summed E-state index contributed by atoms with van der Waals surface area (Å²) in [6.07, 6.45) is 10.3. The second kappa shape index (κ2) is 6.43. The summed E-state index contributed by atoms with van der Waals surface area (Å²) in [5.41, 5.74) is 3.60. The lowest BCUT2D eigenvalue weighted by atomic mass is 9.85. The van der Waals surface area contributed by atoms with Crippen molar-refractivity contribution in [2.24, 2.45) is 7.05 Å². The zero-order valence-corrected chi connectivity index (χ0v) is 12.9. The maximum atomic E-state index is 5.22. The summed E-state index contributed by atoms with van der Waals surface area (Å²) in [6, 6.07) is 0. The molecule has 2 heterocycles. The molecule has 0 atom stereocenters. The van der Waals surface area contributed by atoms with E-state index in [-0.39, 0.29) is 0 Å². The largest absolute Gasteiger partial charge is 0.448 e. The molecule has 0 radical (unpaired) electrons. The van der Waals surface area contributed by atoms with Crippen molar-refractivity contribution in [1.82, 2.24) is 20.1 Å². The molecule has 0 aromatic carbocycles. The van der Waals surface area contributed by atoms with Gasteiger partial charge in [-0.15, -0.1) is 0 Å². The monoisotopic (exact) mass is 288 g/mol. The van der Waals surface area contributed by atoms with Crippen molar-refractivity contribution in [3.05, 3.63) is 35.3 Å². The first-order valence-corrected chi connectivity index (χ1v) is 7.86. The van der Waals surface area contributed by atoms with Crippen LogP contribution in [0.3, 0.4) is 0 Å². The van der Waals surface area contributed by atoms with Crippen LogP contribution in [0.4, 0.5) is 0 Å². The molecule has 0 bridgehead atoms. The summed E-state index contributed by atoms with van der Waals surface area (Å²) in [5, 5.41) is 8.17. The first-order chi connectivity index (χ1) is 10.2. The minimum atomic E-state index is 0.644. The Bertz CT molecular complexity index is 581. The second-order valence-corrected chi connectivity index (χ2v) is 6.01. The zero-order chi connectivity index (χ0) is 14.7. The van der Waals surface area contributed by atoms with Gasteiger partial charge in [0.25, 0.3) is 0 Å². The van der Waals surface area contributed by atoms with Crippen molar-refractivity contribution in [2.45, 2.75) is 58.0 Å². The van der Waals surface area contributed by atoms with Crippen molar-refractivity contribution in [1.29, 1.82) is 0 Å². The van der Waals surface area contributed by atoms with Gasteiger partial charge in [-0.1, -0.05) is 19.3 Å². The number of nitrogens with one attached hydrogen (secondary N) is 1. The van der Waals surface area contributed by atoms with Gasteiger partial charge in [0.05, 0.1) is 11.4 Å². The number of oxazole rings is 1. The molecule has 2 aromatic heterocycles. The van der Waals surface area contributed by atoms with Gasteiger partial charge in [0.15, 0.2) is 6.39 Å². The van der Waals surface area contributed by atoms with Gasteiger partial charge in [-0.2, -0.15) is 5.10 Å². The fourth-order valence-electron chi connectivity index (χ4n) is 3.22. The summed E-state index contributed by atoms with van der Waals surface area (Å²) in [4.78, 5) is 4.21. The predicted octanol–water partition coefficient (Wildman–Crippen LogP) is 3.05. The van der Waals surface area contributed by atoms with Gasteiger partial charge in [-0.05, 0) is 19.8 Å². The summed E-state index contributed by atoms with van der Waals surface area (Å²) in [5.74, 6) is 1.53. The average Bonchev–Trinajstić information content (AvgIpc) is 3.06. The van der Waals surface area contributed by atoms with Crippen LogP contribution in [0.1, 0.15) is 60.7 Å². The van der Waals surface area contributed by atoms with E-state index in [9.17, 15) is 0 Å². The fourth-order valence-corrected chi connectivity index (χ4v) is 3.22. The Balaban J connectivity index is 1.63. The van der Waals surface area contributed by atoms with Crippen LogP contribution in [0, 0.1) is 6.92 Å². The lowest BCUT2D eigenvalue weighted by molar-refractivity contribution is 0.431. The van der Waals surface area contributed by atoms with E-state index in [1.165, 1.54) is 49.8 Å². The van der Waals surface area contributed by atoms with Crippen molar-refractivity contribution < 1.29 is 4.42 Å². The molecule has 3 rings (SSSR count). The molecule has 0 unspecified atom stereocenters. The first kappa shape index (κ1) is 14.3. The molecule has 0 amide bonds. The standard InChI is InChI=1S/C16H24N4O/c1-12-15(18-11-21-12)9-17-8-14-10-20(2)19-16(14)13-6-4-3-5-7-13/h10-11,13,17H,3-9H2,1-2H3. The van der Waals surface area contributed by atoms with Crippen LogP contribution >= 0.6 is 0 Å². The smallest absolute Gasteiger partial charge is 0.181 e. The van der Waals surface area contributed by atoms with Crippen molar-refractivity contribution >= 4 is 0 Å². The van der Waals surface area contributed by atoms with E-state index in [2.05, 4.69) is 16.5 Å². The molecule has 2 aromatic rings. The molecule has 5 heteroatoms. The van der Waals surface area contributed by atoms with Crippen LogP contribution < -0.4 is 5.32 Å². The highest BCUT2D eigenvalue weighted by Crippen LogP contribution is 2.33. The van der Waals surface area contributed by atoms with Crippen molar-refractivity contribution in [2.75, 3.05) is 0 Å². The van der Waals surface area contributed by atoms with Crippen LogP contribution in [-0.4, -0.2) is 14.8 Å². The third kappa shape index (κ3) is 3.35. The van der Waals surface area contributed by atoms with E-state index < -0.39 is 0 Å². The predicted molar refractivity (Wildman–Crippen MR) is 80.8 cm³/mol. The van der Waals surface area contributed by atoms with E-state index in [4.69, 9.17) is 9.52 Å². The molecule has 5 nitrogen and oxygen atoms in total. The van der Waals surface area contributed by atoms with Gasteiger partial charge >= 0.3 is 0 Å². The molecular formula is C16H24N4O. The van der Waals surface area contributed by atoms with Crippen LogP contribution in [0.2, 0.25) is 0 Å². The van der Waals surface area contributed by atoms with E-state index >= 15 is 0 Å². The lowest BCUT2D eigenvalue weighted by Crippen LogP contribution is -2.16. The lowest BCUT2D eigenvalue weighted by Gasteiger charge is -2.21. The van der Waals surface area contributed by atoms with Gasteiger partial charge in [-0.25, -0.2) is 4.98 Å². The molecule has 114 valence electrons. The molecule has 1 N–H and O–H groups in total. The number of rotatable bonds is 5.